The van der Waals surface area contributed by atoms with Gasteiger partial charge in [-0.25, -0.2) is 5.84 Å². The van der Waals surface area contributed by atoms with Gasteiger partial charge in [0.1, 0.15) is 0 Å². The average molecular weight is 347 g/mol. The summed E-state index contributed by atoms with van der Waals surface area (Å²) >= 11 is 3.43. The van der Waals surface area contributed by atoms with E-state index in [1.54, 1.807) is 23.6 Å². The van der Waals surface area contributed by atoms with E-state index in [0.29, 0.717) is 5.70 Å². The molecule has 0 radical (unpaired) electrons. The lowest BCUT2D eigenvalue weighted by molar-refractivity contribution is 0.387. The molecular formula is C16H19BrN4. The predicted octanol–water partition coefficient (Wildman–Crippen LogP) is 2.91. The van der Waals surface area contributed by atoms with Crippen molar-refractivity contribution in [2.24, 2.45) is 11.6 Å². The van der Waals surface area contributed by atoms with E-state index in [9.17, 15) is 0 Å². The molecule has 4 N–H and O–H groups in total. The van der Waals surface area contributed by atoms with E-state index in [1.807, 2.05) is 12.1 Å². The molecule has 0 spiro atoms. The topological polar surface area (TPSA) is 68.2 Å². The number of aromatic nitrogens is 1. The molecule has 1 heterocycles. The number of hydrazine groups is 1. The molecule has 2 aromatic rings. The Bertz CT molecular complexity index is 581. The number of benzene rings is 1. The van der Waals surface area contributed by atoms with Crippen molar-refractivity contribution in [3.05, 3.63) is 70.6 Å². The average Bonchev–Trinajstić information content (AvgIpc) is 2.50. The molecule has 110 valence electrons. The maximum absolute atomic E-state index is 5.99. The van der Waals surface area contributed by atoms with Crippen LogP contribution in [-0.4, -0.2) is 16.5 Å². The van der Waals surface area contributed by atoms with Gasteiger partial charge in [0.15, 0.2) is 0 Å². The minimum Gasteiger partial charge on any atom is -0.397 e. The zero-order chi connectivity index (χ0) is 15.1. The van der Waals surface area contributed by atoms with E-state index >= 15 is 0 Å². The lowest BCUT2D eigenvalue weighted by Crippen LogP contribution is -2.27. The van der Waals surface area contributed by atoms with Crippen molar-refractivity contribution < 1.29 is 0 Å². The molecule has 0 aliphatic carbocycles. The number of hydrogen-bond donors (Lipinski definition) is 2. The van der Waals surface area contributed by atoms with Crippen molar-refractivity contribution in [2.45, 2.75) is 12.8 Å². The maximum Gasteiger partial charge on any atom is 0.0579 e. The molecule has 4 nitrogen and oxygen atoms in total. The van der Waals surface area contributed by atoms with Crippen LogP contribution in [-0.2, 0) is 6.42 Å². The molecule has 0 amide bonds. The monoisotopic (exact) mass is 346 g/mol. The van der Waals surface area contributed by atoms with E-state index in [0.717, 1.165) is 29.4 Å². The van der Waals surface area contributed by atoms with Gasteiger partial charge in [0.25, 0.3) is 0 Å². The van der Waals surface area contributed by atoms with Gasteiger partial charge in [-0.2, -0.15) is 0 Å². The van der Waals surface area contributed by atoms with Crippen LogP contribution in [0, 0.1) is 0 Å². The summed E-state index contributed by atoms with van der Waals surface area (Å²) in [6, 6.07) is 12.1. The van der Waals surface area contributed by atoms with Crippen LogP contribution in [0.5, 0.6) is 0 Å². The standard InChI is InChI=1S/C16H19BrN4/c17-15-7-5-13(6-8-15)3-2-10-21(19)12-16(18)14-4-1-9-20-11-14/h1,4-9,11-12H,2-3,10,18-19H2/b16-12-. The Morgan fingerprint density at radius 2 is 2.00 bits per heavy atom. The summed E-state index contributed by atoms with van der Waals surface area (Å²) < 4.78 is 1.10. The van der Waals surface area contributed by atoms with E-state index in [1.165, 1.54) is 5.56 Å². The van der Waals surface area contributed by atoms with Gasteiger partial charge in [-0.1, -0.05) is 28.1 Å². The van der Waals surface area contributed by atoms with Crippen molar-refractivity contribution in [2.75, 3.05) is 6.54 Å². The van der Waals surface area contributed by atoms with Gasteiger partial charge in [0.05, 0.1) is 5.70 Å². The molecule has 21 heavy (non-hydrogen) atoms. The quantitative estimate of drug-likeness (QED) is 0.623. The maximum atomic E-state index is 5.99. The molecule has 2 rings (SSSR count). The van der Waals surface area contributed by atoms with Gasteiger partial charge >= 0.3 is 0 Å². The number of halogens is 1. The summed E-state index contributed by atoms with van der Waals surface area (Å²) in [5.41, 5.74) is 8.79. The largest absolute Gasteiger partial charge is 0.397 e. The molecule has 0 saturated carbocycles. The van der Waals surface area contributed by atoms with E-state index in [4.69, 9.17) is 11.6 Å². The van der Waals surface area contributed by atoms with Crippen LogP contribution in [0.25, 0.3) is 5.70 Å². The molecule has 0 fully saturated rings. The fourth-order valence-corrected chi connectivity index (χ4v) is 2.23. The fraction of sp³-hybridized carbons (Fsp3) is 0.188. The van der Waals surface area contributed by atoms with Crippen LogP contribution in [0.4, 0.5) is 0 Å². The zero-order valence-corrected chi connectivity index (χ0v) is 13.3. The van der Waals surface area contributed by atoms with Crippen molar-refractivity contribution in [3.8, 4) is 0 Å². The normalized spacial score (nSPS) is 11.4. The number of nitrogens with two attached hydrogens (primary N) is 2. The second kappa shape index (κ2) is 7.81. The van der Waals surface area contributed by atoms with E-state index in [2.05, 4.69) is 45.2 Å². The summed E-state index contributed by atoms with van der Waals surface area (Å²) in [5, 5.41) is 1.63. The van der Waals surface area contributed by atoms with Crippen LogP contribution in [0.2, 0.25) is 0 Å². The minimum absolute atomic E-state index is 0.620. The molecule has 1 aromatic heterocycles. The number of nitrogens with zero attached hydrogens (tertiary/aromatic N) is 2. The summed E-state index contributed by atoms with van der Waals surface area (Å²) in [6.07, 6.45) is 7.14. The number of aryl methyl sites for hydroxylation is 1. The smallest absolute Gasteiger partial charge is 0.0579 e. The third-order valence-corrected chi connectivity index (χ3v) is 3.62. The van der Waals surface area contributed by atoms with Crippen molar-refractivity contribution in [3.63, 3.8) is 0 Å². The van der Waals surface area contributed by atoms with Crippen LogP contribution in [0.1, 0.15) is 17.5 Å². The van der Waals surface area contributed by atoms with Gasteiger partial charge in [0, 0.05) is 35.2 Å². The Morgan fingerprint density at radius 3 is 2.67 bits per heavy atom. The SMILES string of the molecule is N/C(=C\N(N)CCCc1ccc(Br)cc1)c1cccnc1. The lowest BCUT2D eigenvalue weighted by atomic mass is 10.1. The summed E-state index contributed by atoms with van der Waals surface area (Å²) in [6.45, 7) is 0.747. The van der Waals surface area contributed by atoms with Crippen LogP contribution in [0.15, 0.2) is 59.5 Å². The summed E-state index contributed by atoms with van der Waals surface area (Å²) in [4.78, 5) is 4.04. The van der Waals surface area contributed by atoms with Crippen LogP contribution in [0.3, 0.4) is 0 Å². The number of hydrogen-bond acceptors (Lipinski definition) is 4. The second-order valence-corrected chi connectivity index (χ2v) is 5.71. The van der Waals surface area contributed by atoms with Crippen molar-refractivity contribution >= 4 is 21.6 Å². The second-order valence-electron chi connectivity index (χ2n) is 4.79. The summed E-state index contributed by atoms with van der Waals surface area (Å²) in [5.74, 6) is 5.95. The minimum atomic E-state index is 0.620. The van der Waals surface area contributed by atoms with Crippen molar-refractivity contribution in [1.82, 2.24) is 9.99 Å². The number of pyridine rings is 1. The number of rotatable bonds is 6. The van der Waals surface area contributed by atoms with Crippen LogP contribution >= 0.6 is 15.9 Å². The van der Waals surface area contributed by atoms with Gasteiger partial charge in [0.2, 0.25) is 0 Å². The highest BCUT2D eigenvalue weighted by Gasteiger charge is 2.00. The highest BCUT2D eigenvalue weighted by Crippen LogP contribution is 2.12. The predicted molar refractivity (Wildman–Crippen MR) is 89.8 cm³/mol. The van der Waals surface area contributed by atoms with Gasteiger partial charge < -0.3 is 10.7 Å². The first-order valence-electron chi connectivity index (χ1n) is 6.78. The van der Waals surface area contributed by atoms with Crippen LogP contribution < -0.4 is 11.6 Å². The first-order valence-corrected chi connectivity index (χ1v) is 7.58. The molecule has 0 unspecified atom stereocenters. The van der Waals surface area contributed by atoms with Gasteiger partial charge in [-0.05, 0) is 42.7 Å². The lowest BCUT2D eigenvalue weighted by Gasteiger charge is -2.15. The molecule has 0 atom stereocenters. The van der Waals surface area contributed by atoms with Crippen molar-refractivity contribution in [1.29, 1.82) is 0 Å². The van der Waals surface area contributed by atoms with Gasteiger partial charge in [-0.3, -0.25) is 4.98 Å². The first kappa shape index (κ1) is 15.5. The van der Waals surface area contributed by atoms with E-state index < -0.39 is 0 Å². The zero-order valence-electron chi connectivity index (χ0n) is 11.7. The molecule has 1 aromatic carbocycles. The Balaban J connectivity index is 1.82. The first-order chi connectivity index (χ1) is 10.1. The third kappa shape index (κ3) is 5.21. The molecule has 0 bridgehead atoms. The molecule has 0 aliphatic heterocycles. The summed E-state index contributed by atoms with van der Waals surface area (Å²) in [7, 11) is 0. The molecular weight excluding hydrogens is 328 g/mol. The van der Waals surface area contributed by atoms with Gasteiger partial charge in [-0.15, -0.1) is 0 Å². The fourth-order valence-electron chi connectivity index (χ4n) is 1.97. The molecule has 5 heteroatoms. The highest BCUT2D eigenvalue weighted by atomic mass is 79.9. The Kier molecular flexibility index (Phi) is 5.78. The Labute approximate surface area is 133 Å². The highest BCUT2D eigenvalue weighted by molar-refractivity contribution is 9.10. The Hall–Kier alpha value is -1.85. The third-order valence-electron chi connectivity index (χ3n) is 3.09. The molecule has 0 aliphatic rings. The molecule has 0 saturated heterocycles. The Morgan fingerprint density at radius 1 is 1.24 bits per heavy atom. The van der Waals surface area contributed by atoms with E-state index in [-0.39, 0.29) is 0 Å².